The Balaban J connectivity index is 1.31. The molecule has 1 aliphatic carbocycles. The highest BCUT2D eigenvalue weighted by Crippen LogP contribution is 2.29. The summed E-state index contributed by atoms with van der Waals surface area (Å²) in [5.74, 6) is 1.10. The quantitative estimate of drug-likeness (QED) is 0.414. The maximum Gasteiger partial charge on any atom is 0.251 e. The van der Waals surface area contributed by atoms with Crippen LogP contribution in [0.3, 0.4) is 0 Å². The van der Waals surface area contributed by atoms with E-state index in [1.54, 1.807) is 0 Å². The van der Waals surface area contributed by atoms with E-state index >= 15 is 0 Å². The molecule has 0 atom stereocenters. The molecule has 4 aromatic rings. The first-order valence-corrected chi connectivity index (χ1v) is 12.2. The number of carbonyl (C=O) groups excluding carboxylic acids is 1. The van der Waals surface area contributed by atoms with Gasteiger partial charge in [0, 0.05) is 24.1 Å². The van der Waals surface area contributed by atoms with Crippen LogP contribution in [-0.4, -0.2) is 37.7 Å². The first kappa shape index (κ1) is 23.0. The fourth-order valence-corrected chi connectivity index (χ4v) is 4.68. The van der Waals surface area contributed by atoms with E-state index in [1.807, 2.05) is 41.9 Å². The first-order valence-electron chi connectivity index (χ1n) is 12.2. The number of hydrogen-bond acceptors (Lipinski definition) is 5. The highest BCUT2D eigenvalue weighted by Gasteiger charge is 2.25. The number of carbonyl (C=O) groups is 1. The Labute approximate surface area is 203 Å². The zero-order chi connectivity index (χ0) is 24.4. The number of nitrogens with one attached hydrogen (secondary N) is 2. The number of anilines is 1. The highest BCUT2D eigenvalue weighted by molar-refractivity contribution is 5.94. The molecule has 7 nitrogen and oxygen atoms in total. The summed E-state index contributed by atoms with van der Waals surface area (Å²) in [7, 11) is 0. The summed E-state index contributed by atoms with van der Waals surface area (Å²) in [5, 5.41) is 12.5. The van der Waals surface area contributed by atoms with Gasteiger partial charge in [0.25, 0.3) is 5.91 Å². The van der Waals surface area contributed by atoms with Crippen LogP contribution in [0.5, 0.6) is 0 Å². The van der Waals surface area contributed by atoms with E-state index in [-0.39, 0.29) is 23.8 Å². The zero-order valence-corrected chi connectivity index (χ0v) is 20.0. The average Bonchev–Trinajstić information content (AvgIpc) is 3.22. The van der Waals surface area contributed by atoms with Crippen LogP contribution in [-0.2, 0) is 6.42 Å². The number of amides is 1. The minimum absolute atomic E-state index is 0.102. The monoisotopic (exact) mass is 472 g/mol. The molecule has 0 spiro atoms. The van der Waals surface area contributed by atoms with Crippen LogP contribution in [0.25, 0.3) is 16.7 Å². The standard InChI is InChI=1S/C27H29FN6O/c1-3-23-31-25(24-17(2)33-34(26(24)32-23)22-7-5-4-6-8-22)29-20-13-15-21(16-14-20)30-27(35)18-9-11-19(28)12-10-18/h4-12,20-21H,3,13-16H2,1-2H3,(H,30,35)(H,29,31,32). The van der Waals surface area contributed by atoms with Gasteiger partial charge in [-0.2, -0.15) is 5.10 Å². The molecule has 1 amide bonds. The number of rotatable bonds is 6. The Morgan fingerprint density at radius 2 is 1.69 bits per heavy atom. The molecule has 0 bridgehead atoms. The van der Waals surface area contributed by atoms with E-state index in [0.29, 0.717) is 5.56 Å². The van der Waals surface area contributed by atoms with Crippen LogP contribution < -0.4 is 10.6 Å². The van der Waals surface area contributed by atoms with Gasteiger partial charge in [-0.25, -0.2) is 19.0 Å². The number of aromatic nitrogens is 4. The highest BCUT2D eigenvalue weighted by atomic mass is 19.1. The molecule has 5 rings (SSSR count). The van der Waals surface area contributed by atoms with Crippen molar-refractivity contribution in [3.8, 4) is 5.69 Å². The normalized spacial score (nSPS) is 17.9. The second-order valence-corrected chi connectivity index (χ2v) is 9.05. The first-order chi connectivity index (χ1) is 17.0. The third kappa shape index (κ3) is 4.87. The molecular weight excluding hydrogens is 443 g/mol. The number of benzene rings is 2. The molecular formula is C27H29FN6O. The summed E-state index contributed by atoms with van der Waals surface area (Å²) in [6.07, 6.45) is 4.27. The molecule has 2 N–H and O–H groups in total. The largest absolute Gasteiger partial charge is 0.367 e. The molecule has 0 aliphatic heterocycles. The van der Waals surface area contributed by atoms with Gasteiger partial charge in [-0.15, -0.1) is 0 Å². The maximum atomic E-state index is 13.1. The number of halogens is 1. The van der Waals surface area contributed by atoms with E-state index in [4.69, 9.17) is 15.1 Å². The second kappa shape index (κ2) is 9.82. The smallest absolute Gasteiger partial charge is 0.251 e. The van der Waals surface area contributed by atoms with Crippen molar-refractivity contribution in [2.24, 2.45) is 0 Å². The Kier molecular flexibility index (Phi) is 6.44. The van der Waals surface area contributed by atoms with Crippen molar-refractivity contribution in [3.63, 3.8) is 0 Å². The van der Waals surface area contributed by atoms with E-state index in [9.17, 15) is 9.18 Å². The van der Waals surface area contributed by atoms with Gasteiger partial charge in [0.05, 0.1) is 16.8 Å². The van der Waals surface area contributed by atoms with Crippen LogP contribution in [0.1, 0.15) is 54.5 Å². The fourth-order valence-electron chi connectivity index (χ4n) is 4.68. The lowest BCUT2D eigenvalue weighted by atomic mass is 9.91. The molecule has 0 unspecified atom stereocenters. The molecule has 0 saturated heterocycles. The van der Waals surface area contributed by atoms with Gasteiger partial charge in [-0.3, -0.25) is 4.79 Å². The van der Waals surface area contributed by atoms with Crippen molar-refractivity contribution in [1.29, 1.82) is 0 Å². The summed E-state index contributed by atoms with van der Waals surface area (Å²) in [5.41, 5.74) is 3.14. The number of nitrogens with zero attached hydrogens (tertiary/aromatic N) is 4. The van der Waals surface area contributed by atoms with Crippen LogP contribution in [0, 0.1) is 12.7 Å². The Morgan fingerprint density at radius 3 is 2.37 bits per heavy atom. The molecule has 0 radical (unpaired) electrons. The van der Waals surface area contributed by atoms with Crippen LogP contribution in [0.4, 0.5) is 10.2 Å². The molecule has 2 heterocycles. The van der Waals surface area contributed by atoms with Gasteiger partial charge in [0.15, 0.2) is 5.65 Å². The minimum atomic E-state index is -0.345. The van der Waals surface area contributed by atoms with Crippen LogP contribution in [0.2, 0.25) is 0 Å². The van der Waals surface area contributed by atoms with Crippen molar-refractivity contribution in [1.82, 2.24) is 25.1 Å². The fraction of sp³-hybridized carbons (Fsp3) is 0.333. The summed E-state index contributed by atoms with van der Waals surface area (Å²) >= 11 is 0. The summed E-state index contributed by atoms with van der Waals surface area (Å²) in [6.45, 7) is 4.04. The Morgan fingerprint density at radius 1 is 1.00 bits per heavy atom. The maximum absolute atomic E-state index is 13.1. The summed E-state index contributed by atoms with van der Waals surface area (Å²) < 4.78 is 15.0. The lowest BCUT2D eigenvalue weighted by molar-refractivity contribution is 0.0926. The predicted octanol–water partition coefficient (Wildman–Crippen LogP) is 4.98. The van der Waals surface area contributed by atoms with E-state index in [0.717, 1.165) is 66.2 Å². The third-order valence-electron chi connectivity index (χ3n) is 6.58. The van der Waals surface area contributed by atoms with E-state index < -0.39 is 0 Å². The molecule has 2 aromatic carbocycles. The summed E-state index contributed by atoms with van der Waals surface area (Å²) in [6, 6.07) is 16.0. The van der Waals surface area contributed by atoms with E-state index in [2.05, 4.69) is 17.6 Å². The number of hydrogen-bond donors (Lipinski definition) is 2. The number of para-hydroxylation sites is 1. The Hall–Kier alpha value is -3.81. The molecule has 35 heavy (non-hydrogen) atoms. The van der Waals surface area contributed by atoms with Crippen LogP contribution in [0.15, 0.2) is 54.6 Å². The topological polar surface area (TPSA) is 84.7 Å². The van der Waals surface area contributed by atoms with Crippen molar-refractivity contribution in [2.75, 3.05) is 5.32 Å². The predicted molar refractivity (Wildman–Crippen MR) is 134 cm³/mol. The second-order valence-electron chi connectivity index (χ2n) is 9.05. The van der Waals surface area contributed by atoms with E-state index in [1.165, 1.54) is 24.3 Å². The van der Waals surface area contributed by atoms with Crippen LogP contribution >= 0.6 is 0 Å². The van der Waals surface area contributed by atoms with Gasteiger partial charge >= 0.3 is 0 Å². The average molecular weight is 473 g/mol. The summed E-state index contributed by atoms with van der Waals surface area (Å²) in [4.78, 5) is 22.1. The molecule has 2 aromatic heterocycles. The van der Waals surface area contributed by atoms with Crippen molar-refractivity contribution in [3.05, 3.63) is 77.5 Å². The van der Waals surface area contributed by atoms with Gasteiger partial charge < -0.3 is 10.6 Å². The third-order valence-corrected chi connectivity index (χ3v) is 6.58. The molecule has 1 aliphatic rings. The molecule has 180 valence electrons. The number of aryl methyl sites for hydroxylation is 2. The molecule has 8 heteroatoms. The van der Waals surface area contributed by atoms with Crippen molar-refractivity contribution in [2.45, 2.75) is 58.0 Å². The zero-order valence-electron chi connectivity index (χ0n) is 20.0. The van der Waals surface area contributed by atoms with Gasteiger partial charge in [-0.05, 0) is 69.0 Å². The van der Waals surface area contributed by atoms with Gasteiger partial charge in [0.1, 0.15) is 17.5 Å². The lowest BCUT2D eigenvalue weighted by Gasteiger charge is -2.30. The Bertz CT molecular complexity index is 1330. The van der Waals surface area contributed by atoms with Crippen molar-refractivity contribution < 1.29 is 9.18 Å². The SMILES string of the molecule is CCc1nc(NC2CCC(NC(=O)c3ccc(F)cc3)CC2)c2c(C)nn(-c3ccccc3)c2n1. The minimum Gasteiger partial charge on any atom is -0.367 e. The molecule has 1 fully saturated rings. The van der Waals surface area contributed by atoms with Crippen molar-refractivity contribution >= 4 is 22.8 Å². The number of fused-ring (bicyclic) bond motifs is 1. The lowest BCUT2D eigenvalue weighted by Crippen LogP contribution is -2.40. The molecule has 1 saturated carbocycles. The van der Waals surface area contributed by atoms with Gasteiger partial charge in [-0.1, -0.05) is 25.1 Å². The van der Waals surface area contributed by atoms with Gasteiger partial charge in [0.2, 0.25) is 0 Å².